The van der Waals surface area contributed by atoms with E-state index >= 15 is 0 Å². The van der Waals surface area contributed by atoms with E-state index in [9.17, 15) is 17.6 Å². The van der Waals surface area contributed by atoms with Crippen LogP contribution in [0, 0.1) is 5.82 Å². The van der Waals surface area contributed by atoms with Crippen molar-refractivity contribution in [3.63, 3.8) is 0 Å². The molecule has 13 heteroatoms. The van der Waals surface area contributed by atoms with E-state index in [-0.39, 0.29) is 11.7 Å². The Balaban J connectivity index is 1.41. The second-order valence-corrected chi connectivity index (χ2v) is 10.1. The van der Waals surface area contributed by atoms with Crippen molar-refractivity contribution in [3.8, 4) is 11.3 Å². The van der Waals surface area contributed by atoms with Gasteiger partial charge in [-0.05, 0) is 37.1 Å². The van der Waals surface area contributed by atoms with E-state index in [2.05, 4.69) is 20.0 Å². The van der Waals surface area contributed by atoms with Gasteiger partial charge >= 0.3 is 0 Å². The molecular formula is C23H25FN8O3S. The zero-order valence-electron chi connectivity index (χ0n) is 19.4. The Morgan fingerprint density at radius 1 is 1.17 bits per heavy atom. The molecule has 0 atom stereocenters. The Labute approximate surface area is 206 Å². The number of carbonyl (C=O) groups excluding carboxylic acids is 1. The standard InChI is InChI=1S/C23H25FN8O3S/c1-30-8-4-15(13-30)21-22-26-7-11-32(22)14-19(27-21)23(33)28-18-12-16(24)2-3-20(18)31-9-5-17(6-10-31)29-36(25,34)35/h2-4,7-8,11-14,17,29H,5-6,9-10H2,1H3,(H,28,33)(H2,25,34,35). The Morgan fingerprint density at radius 3 is 2.64 bits per heavy atom. The molecule has 0 unspecified atom stereocenters. The number of imidazole rings is 1. The average Bonchev–Trinajstić information content (AvgIpc) is 3.47. The monoisotopic (exact) mass is 512 g/mol. The number of nitrogens with zero attached hydrogens (tertiary/aromatic N) is 5. The normalized spacial score (nSPS) is 14.9. The number of benzene rings is 1. The molecule has 3 aromatic heterocycles. The maximum absolute atomic E-state index is 14.2. The number of halogens is 1. The van der Waals surface area contributed by atoms with Gasteiger partial charge in [-0.2, -0.15) is 13.1 Å². The second kappa shape index (κ2) is 9.33. The minimum absolute atomic E-state index is 0.144. The molecule has 1 amide bonds. The fourth-order valence-electron chi connectivity index (χ4n) is 4.42. The number of nitrogens with one attached hydrogen (secondary N) is 2. The number of aromatic nitrogens is 4. The third-order valence-electron chi connectivity index (χ3n) is 6.09. The van der Waals surface area contributed by atoms with E-state index < -0.39 is 21.9 Å². The number of anilines is 2. The third kappa shape index (κ3) is 5.08. The SMILES string of the molecule is Cn1ccc(-c2nc(C(=O)Nc3cc(F)ccc3N3CCC(NS(N)(=O)=O)CC3)cn3ccnc23)c1. The molecule has 36 heavy (non-hydrogen) atoms. The lowest BCUT2D eigenvalue weighted by Crippen LogP contribution is -2.46. The average molecular weight is 513 g/mol. The zero-order valence-corrected chi connectivity index (χ0v) is 20.2. The van der Waals surface area contributed by atoms with Crippen molar-refractivity contribution in [2.24, 2.45) is 12.2 Å². The van der Waals surface area contributed by atoms with Crippen molar-refractivity contribution < 1.29 is 17.6 Å². The van der Waals surface area contributed by atoms with Gasteiger partial charge in [0.1, 0.15) is 17.2 Å². The number of carbonyl (C=O) groups is 1. The van der Waals surface area contributed by atoms with Gasteiger partial charge in [-0.25, -0.2) is 19.5 Å². The van der Waals surface area contributed by atoms with Gasteiger partial charge in [0.05, 0.1) is 11.4 Å². The van der Waals surface area contributed by atoms with E-state index in [0.717, 1.165) is 5.56 Å². The lowest BCUT2D eigenvalue weighted by Gasteiger charge is -2.34. The number of piperidine rings is 1. The molecule has 0 saturated carbocycles. The molecule has 188 valence electrons. The summed E-state index contributed by atoms with van der Waals surface area (Å²) in [4.78, 5) is 24.2. The van der Waals surface area contributed by atoms with Crippen molar-refractivity contribution in [1.82, 2.24) is 23.7 Å². The van der Waals surface area contributed by atoms with Gasteiger partial charge in [-0.3, -0.25) is 4.79 Å². The van der Waals surface area contributed by atoms with Crippen molar-refractivity contribution in [1.29, 1.82) is 0 Å². The van der Waals surface area contributed by atoms with Crippen LogP contribution < -0.4 is 20.1 Å². The van der Waals surface area contributed by atoms with Crippen LogP contribution in [0.4, 0.5) is 15.8 Å². The molecular weight excluding hydrogens is 487 g/mol. The molecule has 1 aromatic carbocycles. The van der Waals surface area contributed by atoms with Gasteiger partial charge in [-0.15, -0.1) is 0 Å². The first-order valence-corrected chi connectivity index (χ1v) is 12.8. The summed E-state index contributed by atoms with van der Waals surface area (Å²) in [6.45, 7) is 0.998. The third-order valence-corrected chi connectivity index (χ3v) is 6.75. The van der Waals surface area contributed by atoms with E-state index in [4.69, 9.17) is 5.14 Å². The summed E-state index contributed by atoms with van der Waals surface area (Å²) >= 11 is 0. The highest BCUT2D eigenvalue weighted by Crippen LogP contribution is 2.30. The highest BCUT2D eigenvalue weighted by atomic mass is 32.2. The largest absolute Gasteiger partial charge is 0.370 e. The van der Waals surface area contributed by atoms with Gasteiger partial charge in [0.2, 0.25) is 0 Å². The molecule has 1 fully saturated rings. The van der Waals surface area contributed by atoms with Crippen LogP contribution in [-0.4, -0.2) is 52.4 Å². The van der Waals surface area contributed by atoms with Gasteiger partial charge in [0.25, 0.3) is 16.1 Å². The first-order valence-electron chi connectivity index (χ1n) is 11.3. The summed E-state index contributed by atoms with van der Waals surface area (Å²) in [6, 6.07) is 5.79. The molecule has 1 aliphatic rings. The van der Waals surface area contributed by atoms with Crippen molar-refractivity contribution in [2.75, 3.05) is 23.3 Å². The number of rotatable bonds is 6. The summed E-state index contributed by atoms with van der Waals surface area (Å²) in [5, 5.41) is 7.89. The number of hydrogen-bond acceptors (Lipinski definition) is 6. The lowest BCUT2D eigenvalue weighted by molar-refractivity contribution is 0.102. The van der Waals surface area contributed by atoms with Crippen LogP contribution in [0.3, 0.4) is 0 Å². The highest BCUT2D eigenvalue weighted by molar-refractivity contribution is 7.87. The molecule has 0 spiro atoms. The lowest BCUT2D eigenvalue weighted by atomic mass is 10.0. The minimum Gasteiger partial charge on any atom is -0.370 e. The van der Waals surface area contributed by atoms with Gasteiger partial charge in [-0.1, -0.05) is 0 Å². The predicted molar refractivity (Wildman–Crippen MR) is 133 cm³/mol. The Morgan fingerprint density at radius 2 is 1.94 bits per heavy atom. The maximum atomic E-state index is 14.2. The van der Waals surface area contributed by atoms with Crippen LogP contribution in [0.25, 0.3) is 16.9 Å². The van der Waals surface area contributed by atoms with Crippen LogP contribution in [-0.2, 0) is 17.3 Å². The molecule has 1 aliphatic heterocycles. The number of fused-ring (bicyclic) bond motifs is 1. The fraction of sp³-hybridized carbons (Fsp3) is 0.261. The first kappa shape index (κ1) is 23.9. The molecule has 0 bridgehead atoms. The van der Waals surface area contributed by atoms with Crippen molar-refractivity contribution in [3.05, 3.63) is 66.8 Å². The molecule has 4 aromatic rings. The molecule has 11 nitrogen and oxygen atoms in total. The fourth-order valence-corrected chi connectivity index (χ4v) is 5.12. The van der Waals surface area contributed by atoms with E-state index in [1.165, 1.54) is 12.1 Å². The van der Waals surface area contributed by atoms with Crippen LogP contribution in [0.1, 0.15) is 23.3 Å². The van der Waals surface area contributed by atoms with Crippen LogP contribution in [0.15, 0.2) is 55.2 Å². The van der Waals surface area contributed by atoms with Gasteiger partial charge in [0.15, 0.2) is 5.65 Å². The van der Waals surface area contributed by atoms with Crippen LogP contribution in [0.2, 0.25) is 0 Å². The van der Waals surface area contributed by atoms with Gasteiger partial charge in [0, 0.05) is 62.7 Å². The topological polar surface area (TPSA) is 140 Å². The Bertz CT molecular complexity index is 1540. The van der Waals surface area contributed by atoms with Gasteiger partial charge < -0.3 is 19.2 Å². The number of hydrogen-bond donors (Lipinski definition) is 3. The summed E-state index contributed by atoms with van der Waals surface area (Å²) in [7, 11) is -1.90. The Kier molecular flexibility index (Phi) is 6.20. The van der Waals surface area contributed by atoms with E-state index in [1.807, 2.05) is 35.0 Å². The molecule has 1 saturated heterocycles. The first-order chi connectivity index (χ1) is 17.2. The molecule has 4 heterocycles. The quantitative estimate of drug-likeness (QED) is 0.361. The second-order valence-electron chi connectivity index (χ2n) is 8.74. The molecule has 4 N–H and O–H groups in total. The molecule has 0 aliphatic carbocycles. The van der Waals surface area contributed by atoms with Crippen molar-refractivity contribution >= 4 is 33.1 Å². The summed E-state index contributed by atoms with van der Waals surface area (Å²) < 4.78 is 42.9. The zero-order chi connectivity index (χ0) is 25.4. The van der Waals surface area contributed by atoms with E-state index in [0.29, 0.717) is 48.6 Å². The number of amides is 1. The predicted octanol–water partition coefficient (Wildman–Crippen LogP) is 1.89. The Hall–Kier alpha value is -3.81. The van der Waals surface area contributed by atoms with Crippen molar-refractivity contribution in [2.45, 2.75) is 18.9 Å². The molecule has 0 radical (unpaired) electrons. The molecule has 5 rings (SSSR count). The number of aryl methyl sites for hydroxylation is 1. The maximum Gasteiger partial charge on any atom is 0.275 e. The summed E-state index contributed by atoms with van der Waals surface area (Å²) in [5.41, 5.74) is 3.05. The summed E-state index contributed by atoms with van der Waals surface area (Å²) in [6.07, 6.45) is 9.73. The smallest absolute Gasteiger partial charge is 0.275 e. The van der Waals surface area contributed by atoms with E-state index in [1.54, 1.807) is 29.1 Å². The highest BCUT2D eigenvalue weighted by Gasteiger charge is 2.24. The number of nitrogens with two attached hydrogens (primary N) is 1. The van der Waals surface area contributed by atoms with Crippen LogP contribution >= 0.6 is 0 Å². The minimum atomic E-state index is -3.79. The van der Waals surface area contributed by atoms with Crippen LogP contribution in [0.5, 0.6) is 0 Å². The summed E-state index contributed by atoms with van der Waals surface area (Å²) in [5.74, 6) is -0.997.